The van der Waals surface area contributed by atoms with E-state index in [2.05, 4.69) is 13.0 Å². The Morgan fingerprint density at radius 2 is 2.08 bits per heavy atom. The van der Waals surface area contributed by atoms with Gasteiger partial charge in [0.15, 0.2) is 9.84 Å². The van der Waals surface area contributed by atoms with Gasteiger partial charge in [0.25, 0.3) is 0 Å². The molecule has 24 heavy (non-hydrogen) atoms. The number of carbonyl (C=O) groups excluding carboxylic acids is 1. The van der Waals surface area contributed by atoms with Crippen LogP contribution in [0, 0.1) is 6.92 Å². The number of thiophene rings is 2. The van der Waals surface area contributed by atoms with Crippen LogP contribution in [0.1, 0.15) is 33.4 Å². The molecule has 0 aliphatic carbocycles. The minimum absolute atomic E-state index is 0.0549. The Balaban J connectivity index is 1.64. The Morgan fingerprint density at radius 3 is 2.75 bits per heavy atom. The summed E-state index contributed by atoms with van der Waals surface area (Å²) in [7, 11) is -3.20. The third kappa shape index (κ3) is 3.90. The van der Waals surface area contributed by atoms with Gasteiger partial charge in [-0.3, -0.25) is 4.79 Å². The minimum atomic E-state index is -3.20. The van der Waals surface area contributed by atoms with Gasteiger partial charge in [-0.15, -0.1) is 22.7 Å². The lowest BCUT2D eigenvalue weighted by molar-refractivity contribution is -0.130. The predicted octanol–water partition coefficient (Wildman–Crippen LogP) is 3.44. The van der Waals surface area contributed by atoms with Crippen molar-refractivity contribution in [3.63, 3.8) is 0 Å². The molecule has 3 rings (SSSR count). The van der Waals surface area contributed by atoms with Gasteiger partial charge in [0, 0.05) is 29.3 Å². The molecule has 0 bridgehead atoms. The number of sulfone groups is 1. The fourth-order valence-corrected chi connectivity index (χ4v) is 6.94. The molecule has 3 heterocycles. The predicted molar refractivity (Wildman–Crippen MR) is 99.4 cm³/mol. The lowest BCUT2D eigenvalue weighted by atomic mass is 10.1. The molecule has 0 spiro atoms. The Kier molecular flexibility index (Phi) is 5.42. The topological polar surface area (TPSA) is 54.5 Å². The van der Waals surface area contributed by atoms with Crippen molar-refractivity contribution in [3.05, 3.63) is 44.3 Å². The van der Waals surface area contributed by atoms with E-state index >= 15 is 0 Å². The summed E-state index contributed by atoms with van der Waals surface area (Å²) in [6.07, 6.45) is 1.68. The highest BCUT2D eigenvalue weighted by molar-refractivity contribution is 7.91. The van der Waals surface area contributed by atoms with Crippen LogP contribution in [-0.4, -0.2) is 38.1 Å². The molecule has 1 amide bonds. The van der Waals surface area contributed by atoms with E-state index in [4.69, 9.17) is 0 Å². The highest BCUT2D eigenvalue weighted by Crippen LogP contribution is 2.32. The highest BCUT2D eigenvalue weighted by atomic mass is 32.2. The van der Waals surface area contributed by atoms with Crippen LogP contribution in [0.15, 0.2) is 29.0 Å². The van der Waals surface area contributed by atoms with Crippen molar-refractivity contribution in [1.82, 2.24) is 4.90 Å². The molecule has 1 aliphatic heterocycles. The summed E-state index contributed by atoms with van der Waals surface area (Å²) in [5, 5.41) is 3.48. The van der Waals surface area contributed by atoms with Crippen LogP contribution in [0.5, 0.6) is 0 Å². The third-order valence-corrected chi connectivity index (χ3v) is 8.81. The van der Waals surface area contributed by atoms with Crippen LogP contribution in [0.25, 0.3) is 0 Å². The zero-order valence-corrected chi connectivity index (χ0v) is 16.1. The van der Waals surface area contributed by atoms with Gasteiger partial charge in [0.05, 0.1) is 11.0 Å². The number of carbonyl (C=O) groups is 1. The molecule has 1 atom stereocenters. The first-order chi connectivity index (χ1) is 11.5. The van der Waals surface area contributed by atoms with E-state index in [1.807, 2.05) is 22.9 Å². The lowest BCUT2D eigenvalue weighted by Crippen LogP contribution is -2.33. The number of aryl methyl sites for hydroxylation is 2. The molecule has 1 aliphatic rings. The number of nitrogens with zero attached hydrogens (tertiary/aromatic N) is 1. The molecule has 0 radical (unpaired) electrons. The second-order valence-electron chi connectivity index (χ2n) is 6.07. The number of amides is 1. The van der Waals surface area contributed by atoms with Gasteiger partial charge in [-0.2, -0.15) is 0 Å². The van der Waals surface area contributed by atoms with E-state index < -0.39 is 15.1 Å². The molecule has 130 valence electrons. The van der Waals surface area contributed by atoms with E-state index in [1.54, 1.807) is 16.2 Å². The second-order valence-corrected chi connectivity index (χ2v) is 10.4. The largest absolute Gasteiger partial charge is 0.342 e. The van der Waals surface area contributed by atoms with Crippen molar-refractivity contribution < 1.29 is 13.2 Å². The molecule has 1 fully saturated rings. The van der Waals surface area contributed by atoms with Gasteiger partial charge in [-0.05, 0) is 48.2 Å². The standard InChI is InChI=1S/C17H21NO3S3/c1-13-7-11-23-14(13)4-5-17(19)18-8-6-16(15-3-2-10-22-15)24(20,21)12-9-18/h2-3,7,10-11,16H,4-6,8-9,12H2,1H3/t16-/m1/s1. The average Bonchev–Trinajstić information content (AvgIpc) is 3.17. The van der Waals surface area contributed by atoms with Gasteiger partial charge in [-0.1, -0.05) is 6.07 Å². The van der Waals surface area contributed by atoms with E-state index in [1.165, 1.54) is 21.8 Å². The molecule has 7 heteroatoms. The van der Waals surface area contributed by atoms with E-state index in [0.29, 0.717) is 25.9 Å². The number of rotatable bonds is 4. The molecule has 2 aromatic heterocycles. The summed E-state index contributed by atoms with van der Waals surface area (Å²) in [6.45, 7) is 2.89. The first-order valence-corrected chi connectivity index (χ1v) is 11.5. The average molecular weight is 384 g/mol. The van der Waals surface area contributed by atoms with E-state index in [-0.39, 0.29) is 11.7 Å². The molecular weight excluding hydrogens is 362 g/mol. The van der Waals surface area contributed by atoms with Crippen LogP contribution < -0.4 is 0 Å². The van der Waals surface area contributed by atoms with Gasteiger partial charge in [0.2, 0.25) is 5.91 Å². The molecule has 1 saturated heterocycles. The minimum Gasteiger partial charge on any atom is -0.342 e. The number of hydrogen-bond donors (Lipinski definition) is 0. The van der Waals surface area contributed by atoms with Crippen LogP contribution in [0.3, 0.4) is 0 Å². The fraction of sp³-hybridized carbons (Fsp3) is 0.471. The summed E-state index contributed by atoms with van der Waals surface area (Å²) in [6, 6.07) is 5.82. The molecule has 4 nitrogen and oxygen atoms in total. The first-order valence-electron chi connectivity index (χ1n) is 8.03. The SMILES string of the molecule is Cc1ccsc1CCC(=O)N1CC[C@H](c2cccs2)S(=O)(=O)CC1. The van der Waals surface area contributed by atoms with Crippen LogP contribution in [0.2, 0.25) is 0 Å². The van der Waals surface area contributed by atoms with E-state index in [9.17, 15) is 13.2 Å². The monoisotopic (exact) mass is 383 g/mol. The maximum absolute atomic E-state index is 12.5. The Morgan fingerprint density at radius 1 is 1.25 bits per heavy atom. The van der Waals surface area contributed by atoms with Crippen molar-refractivity contribution in [3.8, 4) is 0 Å². The number of hydrogen-bond acceptors (Lipinski definition) is 5. The van der Waals surface area contributed by atoms with Crippen LogP contribution in [0.4, 0.5) is 0 Å². The lowest BCUT2D eigenvalue weighted by Gasteiger charge is -2.19. The quantitative estimate of drug-likeness (QED) is 0.813. The first kappa shape index (κ1) is 17.6. The van der Waals surface area contributed by atoms with Gasteiger partial charge >= 0.3 is 0 Å². The smallest absolute Gasteiger partial charge is 0.222 e. The van der Waals surface area contributed by atoms with Crippen LogP contribution >= 0.6 is 22.7 Å². The Bertz CT molecular complexity index is 793. The van der Waals surface area contributed by atoms with E-state index in [0.717, 1.165) is 11.3 Å². The molecule has 2 aromatic rings. The maximum atomic E-state index is 12.5. The fourth-order valence-electron chi connectivity index (χ4n) is 3.03. The van der Waals surface area contributed by atoms with Crippen molar-refractivity contribution in [2.24, 2.45) is 0 Å². The maximum Gasteiger partial charge on any atom is 0.222 e. The van der Waals surface area contributed by atoms with Crippen LogP contribution in [-0.2, 0) is 21.1 Å². The molecular formula is C17H21NO3S3. The summed E-state index contributed by atoms with van der Waals surface area (Å²) in [5.74, 6) is 0.115. The van der Waals surface area contributed by atoms with Gasteiger partial charge in [-0.25, -0.2) is 8.42 Å². The molecule has 0 unspecified atom stereocenters. The normalized spacial score (nSPS) is 20.7. The van der Waals surface area contributed by atoms with Gasteiger partial charge < -0.3 is 4.90 Å². The molecule has 0 saturated carbocycles. The summed E-state index contributed by atoms with van der Waals surface area (Å²) in [5.41, 5.74) is 1.23. The van der Waals surface area contributed by atoms with Crippen molar-refractivity contribution >= 4 is 38.4 Å². The second kappa shape index (κ2) is 7.37. The zero-order valence-electron chi connectivity index (χ0n) is 13.6. The highest BCUT2D eigenvalue weighted by Gasteiger charge is 2.33. The van der Waals surface area contributed by atoms with Crippen molar-refractivity contribution in [2.45, 2.75) is 31.4 Å². The third-order valence-electron chi connectivity index (χ3n) is 4.49. The van der Waals surface area contributed by atoms with Crippen molar-refractivity contribution in [2.75, 3.05) is 18.8 Å². The van der Waals surface area contributed by atoms with Gasteiger partial charge in [0.1, 0.15) is 0 Å². The summed E-state index contributed by atoms with van der Waals surface area (Å²) >= 11 is 3.15. The Labute approximate surface area is 151 Å². The van der Waals surface area contributed by atoms with Crippen molar-refractivity contribution in [1.29, 1.82) is 0 Å². The molecule has 0 aromatic carbocycles. The zero-order chi connectivity index (χ0) is 17.2. The Hall–Kier alpha value is -1.18. The molecule has 0 N–H and O–H groups in total. The summed E-state index contributed by atoms with van der Waals surface area (Å²) < 4.78 is 25.1. The summed E-state index contributed by atoms with van der Waals surface area (Å²) in [4.78, 5) is 16.4.